The van der Waals surface area contributed by atoms with Crippen LogP contribution in [0.2, 0.25) is 0 Å². The summed E-state index contributed by atoms with van der Waals surface area (Å²) < 4.78 is 0. The minimum atomic E-state index is -3.30. The van der Waals surface area contributed by atoms with E-state index in [9.17, 15) is 0 Å². The third-order valence-electron chi connectivity index (χ3n) is 4.23. The number of rotatable bonds is 4. The summed E-state index contributed by atoms with van der Waals surface area (Å²) in [5, 5.41) is 3.23. The Labute approximate surface area is 148 Å². The molecule has 0 aliphatic rings. The predicted octanol–water partition coefficient (Wildman–Crippen LogP) is 4.82. The Morgan fingerprint density at radius 2 is 1.00 bits per heavy atom. The van der Waals surface area contributed by atoms with Crippen LogP contribution in [0.4, 0.5) is 0 Å². The van der Waals surface area contributed by atoms with Crippen LogP contribution in [0, 0.1) is 12.3 Å². The first-order valence-corrected chi connectivity index (χ1v) is 11.0. The van der Waals surface area contributed by atoms with Crippen LogP contribution in [0.1, 0.15) is 0 Å². The summed E-state index contributed by atoms with van der Waals surface area (Å²) in [6, 6.07) is 30.7. The number of allylic oxidation sites excluding steroid dienone is 1. The molecule has 24 heavy (non-hydrogen) atoms. The van der Waals surface area contributed by atoms with Gasteiger partial charge in [0.05, 0.1) is 0 Å². The van der Waals surface area contributed by atoms with Gasteiger partial charge >= 0.3 is 148 Å². The van der Waals surface area contributed by atoms with E-state index >= 15 is 0 Å². The van der Waals surface area contributed by atoms with Gasteiger partial charge in [-0.25, -0.2) is 0 Å². The predicted molar refractivity (Wildman–Crippen MR) is 109 cm³/mol. The Morgan fingerprint density at radius 3 is 1.29 bits per heavy atom. The SMILES string of the molecule is C#C/C=C/P(Cl)(c1ccccc1)(c1ccccc1)c1ccccc1. The van der Waals surface area contributed by atoms with Gasteiger partial charge in [0.2, 0.25) is 0 Å². The van der Waals surface area contributed by atoms with E-state index < -0.39 is 5.96 Å². The van der Waals surface area contributed by atoms with Gasteiger partial charge in [-0.15, -0.1) is 0 Å². The summed E-state index contributed by atoms with van der Waals surface area (Å²) in [5.74, 6) is 1.36. The zero-order valence-corrected chi connectivity index (χ0v) is 14.9. The molecular weight excluding hydrogens is 331 g/mol. The van der Waals surface area contributed by atoms with Crippen LogP contribution in [-0.4, -0.2) is 0 Å². The molecule has 0 N–H and O–H groups in total. The van der Waals surface area contributed by atoms with E-state index in [1.807, 2.05) is 60.4 Å². The molecule has 0 bridgehead atoms. The van der Waals surface area contributed by atoms with Crippen LogP contribution in [0.15, 0.2) is 103 Å². The summed E-state index contributed by atoms with van der Waals surface area (Å²) in [5.41, 5.74) is 0. The third kappa shape index (κ3) is 2.57. The topological polar surface area (TPSA) is 0 Å². The number of terminal acetylenes is 1. The Kier molecular flexibility index (Phi) is 4.59. The molecule has 0 atom stereocenters. The summed E-state index contributed by atoms with van der Waals surface area (Å²) >= 11 is 7.70. The molecule has 3 aromatic carbocycles. The molecule has 0 heterocycles. The molecule has 2 heteroatoms. The molecule has 0 amide bonds. The van der Waals surface area contributed by atoms with Gasteiger partial charge in [0.1, 0.15) is 0 Å². The first kappa shape index (κ1) is 16.5. The average Bonchev–Trinajstić information content (AvgIpc) is 2.68. The summed E-state index contributed by atoms with van der Waals surface area (Å²) in [6.45, 7) is 0. The van der Waals surface area contributed by atoms with Crippen LogP contribution in [0.25, 0.3) is 0 Å². The van der Waals surface area contributed by atoms with Crippen LogP contribution >= 0.6 is 17.2 Å². The fraction of sp³-hybridized carbons (Fsp3) is 0. The molecule has 0 spiro atoms. The molecule has 3 rings (SSSR count). The van der Waals surface area contributed by atoms with Crippen LogP contribution in [0.5, 0.6) is 0 Å². The van der Waals surface area contributed by atoms with Gasteiger partial charge < -0.3 is 0 Å². The van der Waals surface area contributed by atoms with Crippen molar-refractivity contribution in [3.63, 3.8) is 0 Å². The fourth-order valence-corrected chi connectivity index (χ4v) is 8.27. The summed E-state index contributed by atoms with van der Waals surface area (Å²) in [7, 11) is 0. The van der Waals surface area contributed by atoms with E-state index in [0.717, 1.165) is 15.9 Å². The second-order valence-corrected chi connectivity index (χ2v) is 11.7. The minimum absolute atomic E-state index is 1.08. The van der Waals surface area contributed by atoms with Gasteiger partial charge in [-0.05, 0) is 0 Å². The van der Waals surface area contributed by atoms with Gasteiger partial charge in [0.15, 0.2) is 0 Å². The van der Waals surface area contributed by atoms with Crippen molar-refractivity contribution in [1.29, 1.82) is 0 Å². The van der Waals surface area contributed by atoms with Gasteiger partial charge in [0.25, 0.3) is 0 Å². The second-order valence-electron chi connectivity index (χ2n) is 5.56. The molecule has 0 radical (unpaired) electrons. The van der Waals surface area contributed by atoms with Crippen molar-refractivity contribution in [2.45, 2.75) is 0 Å². The molecule has 0 saturated carbocycles. The van der Waals surface area contributed by atoms with Crippen molar-refractivity contribution >= 4 is 33.1 Å². The van der Waals surface area contributed by atoms with E-state index in [0.29, 0.717) is 0 Å². The van der Waals surface area contributed by atoms with Gasteiger partial charge in [-0.1, -0.05) is 0 Å². The van der Waals surface area contributed by atoms with Gasteiger partial charge in [-0.3, -0.25) is 0 Å². The molecule has 0 aliphatic carbocycles. The van der Waals surface area contributed by atoms with Crippen molar-refractivity contribution in [1.82, 2.24) is 0 Å². The first-order valence-electron chi connectivity index (χ1n) is 7.74. The van der Waals surface area contributed by atoms with Crippen molar-refractivity contribution in [3.05, 3.63) is 103 Å². The maximum atomic E-state index is 7.70. The van der Waals surface area contributed by atoms with Crippen molar-refractivity contribution in [2.24, 2.45) is 0 Å². The zero-order chi connectivity index (χ0) is 16.9. The van der Waals surface area contributed by atoms with E-state index in [-0.39, 0.29) is 0 Å². The number of hydrogen-bond acceptors (Lipinski definition) is 0. The maximum absolute atomic E-state index is 7.70. The molecule has 0 fully saturated rings. The molecule has 0 unspecified atom stereocenters. The van der Waals surface area contributed by atoms with Crippen LogP contribution in [-0.2, 0) is 0 Å². The normalized spacial score (nSPS) is 13.1. The van der Waals surface area contributed by atoms with Crippen LogP contribution < -0.4 is 15.9 Å². The Hall–Kier alpha value is -2.32. The van der Waals surface area contributed by atoms with E-state index in [4.69, 9.17) is 17.7 Å². The summed E-state index contributed by atoms with van der Waals surface area (Å²) in [6.07, 6.45) is 7.29. The van der Waals surface area contributed by atoms with Crippen molar-refractivity contribution in [2.75, 3.05) is 0 Å². The molecule has 0 aliphatic heterocycles. The average molecular weight is 349 g/mol. The molecule has 3 aromatic rings. The van der Waals surface area contributed by atoms with E-state index in [1.54, 1.807) is 6.08 Å². The van der Waals surface area contributed by atoms with Gasteiger partial charge in [0, 0.05) is 0 Å². The monoisotopic (exact) mass is 348 g/mol. The van der Waals surface area contributed by atoms with E-state index in [2.05, 4.69) is 42.3 Å². The molecule has 0 aromatic heterocycles. The fourth-order valence-electron chi connectivity index (χ4n) is 3.05. The Morgan fingerprint density at radius 1 is 0.667 bits per heavy atom. The van der Waals surface area contributed by atoms with Gasteiger partial charge in [-0.2, -0.15) is 0 Å². The third-order valence-corrected chi connectivity index (χ3v) is 11.0. The Bertz CT molecular complexity index is 778. The van der Waals surface area contributed by atoms with E-state index in [1.165, 1.54) is 0 Å². The second kappa shape index (κ2) is 6.66. The molecule has 0 saturated heterocycles. The molecule has 0 nitrogen and oxygen atoms in total. The number of hydrogen-bond donors (Lipinski definition) is 0. The van der Waals surface area contributed by atoms with Crippen molar-refractivity contribution < 1.29 is 0 Å². The number of benzene rings is 3. The first-order chi connectivity index (χ1) is 11.7. The van der Waals surface area contributed by atoms with Crippen molar-refractivity contribution in [3.8, 4) is 12.3 Å². The Balaban J connectivity index is 2.48. The van der Waals surface area contributed by atoms with Crippen LogP contribution in [0.3, 0.4) is 0 Å². The zero-order valence-electron chi connectivity index (χ0n) is 13.2. The molecular formula is C22H18ClP. The molecule has 118 valence electrons. The number of halogens is 1. The summed E-state index contributed by atoms with van der Waals surface area (Å²) in [4.78, 5) is 0. The quantitative estimate of drug-likeness (QED) is 0.468. The standard InChI is InChI=1S/C22H18ClP/c1-2-3-19-24(23,20-13-7-4-8-14-20,21-15-9-5-10-16-21)22-17-11-6-12-18-22/h1,3-19H/b19-3+.